The van der Waals surface area contributed by atoms with Gasteiger partial charge in [-0.1, -0.05) is 89.5 Å². The molecular weight excluding hydrogens is 564 g/mol. The molecule has 0 aliphatic carbocycles. The molecule has 0 saturated carbocycles. The summed E-state index contributed by atoms with van der Waals surface area (Å²) in [6, 6.07) is 36.0. The van der Waals surface area contributed by atoms with Gasteiger partial charge in [0.25, 0.3) is 0 Å². The summed E-state index contributed by atoms with van der Waals surface area (Å²) in [4.78, 5) is 28.9. The van der Waals surface area contributed by atoms with Crippen molar-refractivity contribution in [2.24, 2.45) is 0 Å². The van der Waals surface area contributed by atoms with Gasteiger partial charge in [-0.25, -0.2) is 4.98 Å². The molecule has 8 bridgehead atoms. The van der Waals surface area contributed by atoms with Crippen LogP contribution in [0.5, 0.6) is 0 Å². The Balaban J connectivity index is 1.58. The number of rotatable bonds is 4. The average Bonchev–Trinajstić information content (AvgIpc) is 3.89. The highest BCUT2D eigenvalue weighted by Crippen LogP contribution is 2.36. The molecule has 0 radical (unpaired) electrons. The van der Waals surface area contributed by atoms with Gasteiger partial charge < -0.3 is 15.0 Å². The summed E-state index contributed by atoms with van der Waals surface area (Å²) in [6.45, 7) is 6.28. The zero-order chi connectivity index (χ0) is 31.4. The van der Waals surface area contributed by atoms with Crippen molar-refractivity contribution >= 4 is 51.5 Å². The molecule has 1 aliphatic heterocycles. The molecule has 5 heterocycles. The summed E-state index contributed by atoms with van der Waals surface area (Å²) in [5.74, 6) is 0. The standard InChI is InChI=1S/C41H32N4O/c1-24-4-10-27(11-5-24)38-32-17-16-31(42-32)37-22-30(23-46)41(45-37)40(29-14-8-26(3)9-15-29)36-21-20-35(44-36)39(34-19-18-33(38)43-34)28-12-6-25(2)7-13-28/h4-23,43-45H,1-3H3. The number of hydrogen-bond acceptors (Lipinski definition) is 2. The summed E-state index contributed by atoms with van der Waals surface area (Å²) in [7, 11) is 0. The van der Waals surface area contributed by atoms with E-state index in [1.165, 1.54) is 16.7 Å². The van der Waals surface area contributed by atoms with Crippen molar-refractivity contribution in [3.8, 4) is 33.4 Å². The van der Waals surface area contributed by atoms with E-state index in [2.05, 4.69) is 139 Å². The third kappa shape index (κ3) is 4.74. The van der Waals surface area contributed by atoms with E-state index in [0.717, 1.165) is 84.2 Å². The fourth-order valence-corrected chi connectivity index (χ4v) is 6.43. The molecule has 8 rings (SSSR count). The summed E-state index contributed by atoms with van der Waals surface area (Å²) in [5.41, 5.74) is 17.3. The Kier molecular flexibility index (Phi) is 6.54. The van der Waals surface area contributed by atoms with Crippen molar-refractivity contribution in [2.45, 2.75) is 20.8 Å². The van der Waals surface area contributed by atoms with Crippen LogP contribution < -0.4 is 0 Å². The Morgan fingerprint density at radius 1 is 0.478 bits per heavy atom. The fraction of sp³-hybridized carbons (Fsp3) is 0.0732. The molecule has 0 spiro atoms. The third-order valence-corrected chi connectivity index (χ3v) is 8.87. The Morgan fingerprint density at radius 2 is 0.913 bits per heavy atom. The minimum absolute atomic E-state index is 0.580. The van der Waals surface area contributed by atoms with Crippen LogP contribution >= 0.6 is 0 Å². The molecule has 4 aromatic heterocycles. The van der Waals surface area contributed by atoms with Gasteiger partial charge in [-0.05, 0) is 79.9 Å². The SMILES string of the molecule is Cc1ccc(-c2c3nc(c4cc(C=O)c([nH]4)c(-c4ccc(C)cc4)c4ccc([nH]4)c(-c4ccc(C)cc4)c4ccc2[nH]4)C=C3)cc1. The van der Waals surface area contributed by atoms with Crippen LogP contribution in [0.2, 0.25) is 0 Å². The highest BCUT2D eigenvalue weighted by atomic mass is 16.1. The van der Waals surface area contributed by atoms with Gasteiger partial charge >= 0.3 is 0 Å². The summed E-state index contributed by atoms with van der Waals surface area (Å²) in [6.07, 6.45) is 5.00. The van der Waals surface area contributed by atoms with Gasteiger partial charge in [-0.3, -0.25) is 4.79 Å². The summed E-state index contributed by atoms with van der Waals surface area (Å²) in [5, 5.41) is 0. The number of fused-ring (bicyclic) bond motifs is 9. The number of carbonyl (C=O) groups excluding carboxylic acids is 1. The first kappa shape index (κ1) is 27.6. The molecule has 0 unspecified atom stereocenters. The van der Waals surface area contributed by atoms with Gasteiger partial charge in [0.2, 0.25) is 0 Å². The normalized spacial score (nSPS) is 11.8. The van der Waals surface area contributed by atoms with E-state index in [1.54, 1.807) is 0 Å². The van der Waals surface area contributed by atoms with E-state index < -0.39 is 0 Å². The van der Waals surface area contributed by atoms with Crippen LogP contribution in [0.15, 0.2) is 103 Å². The van der Waals surface area contributed by atoms with Gasteiger partial charge in [0.15, 0.2) is 6.29 Å². The number of carbonyl (C=O) groups is 1. The van der Waals surface area contributed by atoms with Crippen LogP contribution in [0.1, 0.15) is 38.4 Å². The van der Waals surface area contributed by atoms with Crippen molar-refractivity contribution < 1.29 is 4.79 Å². The second-order valence-electron chi connectivity index (χ2n) is 12.1. The highest BCUT2D eigenvalue weighted by molar-refractivity contribution is 6.05. The molecule has 0 saturated heterocycles. The van der Waals surface area contributed by atoms with Gasteiger partial charge in [-0.2, -0.15) is 0 Å². The first-order valence-electron chi connectivity index (χ1n) is 15.5. The number of aromatic nitrogens is 4. The molecule has 3 N–H and O–H groups in total. The van der Waals surface area contributed by atoms with Crippen molar-refractivity contribution in [2.75, 3.05) is 0 Å². The molecule has 0 fully saturated rings. The molecule has 7 aromatic rings. The molecule has 1 aliphatic rings. The maximum Gasteiger partial charge on any atom is 0.152 e. The van der Waals surface area contributed by atoms with Gasteiger partial charge in [0.05, 0.1) is 22.4 Å². The van der Waals surface area contributed by atoms with Crippen LogP contribution in [0.4, 0.5) is 0 Å². The number of aryl methyl sites for hydroxylation is 3. The second kappa shape index (κ2) is 10.9. The summed E-state index contributed by atoms with van der Waals surface area (Å²) < 4.78 is 0. The quantitative estimate of drug-likeness (QED) is 0.177. The average molecular weight is 597 g/mol. The minimum Gasteiger partial charge on any atom is -0.354 e. The largest absolute Gasteiger partial charge is 0.354 e. The number of aldehydes is 1. The van der Waals surface area contributed by atoms with Gasteiger partial charge in [-0.15, -0.1) is 0 Å². The lowest BCUT2D eigenvalue weighted by Gasteiger charge is -2.06. The van der Waals surface area contributed by atoms with E-state index in [0.29, 0.717) is 5.56 Å². The zero-order valence-electron chi connectivity index (χ0n) is 25.9. The number of H-pyrrole nitrogens is 3. The van der Waals surface area contributed by atoms with Gasteiger partial charge in [0, 0.05) is 44.3 Å². The zero-order valence-corrected chi connectivity index (χ0v) is 25.9. The summed E-state index contributed by atoms with van der Waals surface area (Å²) >= 11 is 0. The smallest absolute Gasteiger partial charge is 0.152 e. The Labute approximate surface area is 266 Å². The molecule has 46 heavy (non-hydrogen) atoms. The Morgan fingerprint density at radius 3 is 1.43 bits per heavy atom. The van der Waals surface area contributed by atoms with E-state index >= 15 is 0 Å². The van der Waals surface area contributed by atoms with Crippen LogP contribution in [0, 0.1) is 20.8 Å². The van der Waals surface area contributed by atoms with E-state index in [1.807, 2.05) is 12.1 Å². The molecular formula is C41H32N4O. The highest BCUT2D eigenvalue weighted by Gasteiger charge is 2.17. The monoisotopic (exact) mass is 596 g/mol. The van der Waals surface area contributed by atoms with Crippen LogP contribution in [-0.2, 0) is 0 Å². The molecule has 222 valence electrons. The topological polar surface area (TPSA) is 77.3 Å². The van der Waals surface area contributed by atoms with E-state index in [4.69, 9.17) is 4.98 Å². The number of aromatic amines is 3. The predicted octanol–water partition coefficient (Wildman–Crippen LogP) is 10.4. The van der Waals surface area contributed by atoms with Gasteiger partial charge in [0.1, 0.15) is 0 Å². The number of benzene rings is 3. The van der Waals surface area contributed by atoms with Crippen LogP contribution in [0.25, 0.3) is 78.6 Å². The minimum atomic E-state index is 0.580. The fourth-order valence-electron chi connectivity index (χ4n) is 6.43. The maximum absolute atomic E-state index is 12.6. The van der Waals surface area contributed by atoms with Crippen LogP contribution in [0.3, 0.4) is 0 Å². The van der Waals surface area contributed by atoms with Crippen molar-refractivity contribution in [1.82, 2.24) is 19.9 Å². The van der Waals surface area contributed by atoms with Crippen molar-refractivity contribution in [3.05, 3.63) is 137 Å². The first-order valence-corrected chi connectivity index (χ1v) is 15.5. The predicted molar refractivity (Wildman–Crippen MR) is 191 cm³/mol. The number of nitrogens with one attached hydrogen (secondary N) is 3. The third-order valence-electron chi connectivity index (χ3n) is 8.87. The molecule has 5 nitrogen and oxygen atoms in total. The first-order chi connectivity index (χ1) is 22.4. The maximum atomic E-state index is 12.6. The lowest BCUT2D eigenvalue weighted by atomic mass is 10.0. The van der Waals surface area contributed by atoms with E-state index in [9.17, 15) is 4.79 Å². The Hall–Kier alpha value is -5.94. The van der Waals surface area contributed by atoms with Crippen molar-refractivity contribution in [3.63, 3.8) is 0 Å². The molecule has 3 aromatic carbocycles. The number of nitrogens with zero attached hydrogens (tertiary/aromatic N) is 1. The Bertz CT molecular complexity index is 2430. The number of hydrogen-bond donors (Lipinski definition) is 3. The van der Waals surface area contributed by atoms with Crippen molar-refractivity contribution in [1.29, 1.82) is 0 Å². The van der Waals surface area contributed by atoms with E-state index in [-0.39, 0.29) is 0 Å². The van der Waals surface area contributed by atoms with Crippen LogP contribution in [-0.4, -0.2) is 26.2 Å². The lowest BCUT2D eigenvalue weighted by Crippen LogP contribution is -1.86. The molecule has 0 atom stereocenters. The second-order valence-corrected chi connectivity index (χ2v) is 12.1. The molecule has 0 amide bonds. The molecule has 5 heteroatoms. The lowest BCUT2D eigenvalue weighted by molar-refractivity contribution is 0.112.